The van der Waals surface area contributed by atoms with Crippen LogP contribution in [0.25, 0.3) is 0 Å². The maximum atomic E-state index is 5.38. The van der Waals surface area contributed by atoms with Crippen molar-refractivity contribution in [2.75, 3.05) is 19.8 Å². The van der Waals surface area contributed by atoms with Crippen molar-refractivity contribution in [3.8, 4) is 0 Å². The van der Waals surface area contributed by atoms with E-state index in [9.17, 15) is 0 Å². The van der Waals surface area contributed by atoms with Crippen LogP contribution in [0.2, 0.25) is 0 Å². The first-order valence-electron chi connectivity index (χ1n) is 4.29. The molecule has 1 N–H and O–H groups in total. The third-order valence-corrected chi connectivity index (χ3v) is 2.51. The zero-order valence-corrected chi connectivity index (χ0v) is 8.75. The van der Waals surface area contributed by atoms with Crippen LogP contribution in [0.1, 0.15) is 11.6 Å². The molecule has 0 radical (unpaired) electrons. The van der Waals surface area contributed by atoms with E-state index in [1.54, 1.807) is 6.20 Å². The Kier molecular flexibility index (Phi) is 2.93. The highest BCUT2D eigenvalue weighted by Crippen LogP contribution is 2.17. The molecule has 0 spiro atoms. The minimum atomic E-state index is 0.313. The van der Waals surface area contributed by atoms with Gasteiger partial charge in [0.15, 0.2) is 0 Å². The normalized spacial score (nSPS) is 23.0. The molecule has 0 bridgehead atoms. The van der Waals surface area contributed by atoms with Crippen molar-refractivity contribution in [2.45, 2.75) is 6.04 Å². The highest BCUT2D eigenvalue weighted by Gasteiger charge is 2.14. The summed E-state index contributed by atoms with van der Waals surface area (Å²) in [4.78, 5) is 4.08. The van der Waals surface area contributed by atoms with Gasteiger partial charge in [0.2, 0.25) is 0 Å². The van der Waals surface area contributed by atoms with Gasteiger partial charge in [-0.1, -0.05) is 0 Å². The number of rotatable bonds is 1. The van der Waals surface area contributed by atoms with Crippen LogP contribution in [0.3, 0.4) is 0 Å². The SMILES string of the molecule is Brc1cc(C2COCCN2)ccn1. The third-order valence-electron chi connectivity index (χ3n) is 2.07. The standard InChI is InChI=1S/C9H11BrN2O/c10-9-5-7(1-2-12-9)8-6-13-4-3-11-8/h1-2,5,8,11H,3-4,6H2. The van der Waals surface area contributed by atoms with Gasteiger partial charge in [0.1, 0.15) is 4.60 Å². The summed E-state index contributed by atoms with van der Waals surface area (Å²) >= 11 is 3.35. The maximum absolute atomic E-state index is 5.38. The molecule has 1 aromatic rings. The molecule has 70 valence electrons. The molecule has 4 heteroatoms. The average Bonchev–Trinajstić information content (AvgIpc) is 2.19. The number of pyridine rings is 1. The van der Waals surface area contributed by atoms with E-state index in [1.165, 1.54) is 5.56 Å². The van der Waals surface area contributed by atoms with Crippen molar-refractivity contribution in [1.29, 1.82) is 0 Å². The predicted molar refractivity (Wildman–Crippen MR) is 53.5 cm³/mol. The first-order valence-corrected chi connectivity index (χ1v) is 5.08. The van der Waals surface area contributed by atoms with Crippen molar-refractivity contribution in [2.24, 2.45) is 0 Å². The fraction of sp³-hybridized carbons (Fsp3) is 0.444. The number of ether oxygens (including phenoxy) is 1. The summed E-state index contributed by atoms with van der Waals surface area (Å²) in [5, 5.41) is 3.39. The summed E-state index contributed by atoms with van der Waals surface area (Å²) in [7, 11) is 0. The fourth-order valence-electron chi connectivity index (χ4n) is 1.41. The number of aromatic nitrogens is 1. The van der Waals surface area contributed by atoms with Crippen LogP contribution < -0.4 is 5.32 Å². The highest BCUT2D eigenvalue weighted by atomic mass is 79.9. The van der Waals surface area contributed by atoms with Crippen molar-refractivity contribution < 1.29 is 4.74 Å². The van der Waals surface area contributed by atoms with E-state index in [0.29, 0.717) is 6.04 Å². The van der Waals surface area contributed by atoms with Crippen LogP contribution in [0.15, 0.2) is 22.9 Å². The topological polar surface area (TPSA) is 34.1 Å². The second-order valence-electron chi connectivity index (χ2n) is 2.99. The lowest BCUT2D eigenvalue weighted by Crippen LogP contribution is -2.34. The summed E-state index contributed by atoms with van der Waals surface area (Å²) in [6.07, 6.45) is 1.80. The summed E-state index contributed by atoms with van der Waals surface area (Å²) in [5.41, 5.74) is 1.22. The molecular weight excluding hydrogens is 232 g/mol. The second kappa shape index (κ2) is 4.17. The van der Waals surface area contributed by atoms with Crippen molar-refractivity contribution in [3.05, 3.63) is 28.5 Å². The van der Waals surface area contributed by atoms with Gasteiger partial charge < -0.3 is 10.1 Å². The molecule has 0 saturated carbocycles. The Labute approximate surface area is 85.6 Å². The van der Waals surface area contributed by atoms with Gasteiger partial charge in [-0.25, -0.2) is 4.98 Å². The van der Waals surface area contributed by atoms with E-state index < -0.39 is 0 Å². The van der Waals surface area contributed by atoms with Gasteiger partial charge in [-0.3, -0.25) is 0 Å². The fourth-order valence-corrected chi connectivity index (χ4v) is 1.80. The van der Waals surface area contributed by atoms with Gasteiger partial charge >= 0.3 is 0 Å². The van der Waals surface area contributed by atoms with Crippen molar-refractivity contribution in [3.63, 3.8) is 0 Å². The lowest BCUT2D eigenvalue weighted by Gasteiger charge is -2.23. The third kappa shape index (κ3) is 2.27. The van der Waals surface area contributed by atoms with E-state index in [2.05, 4.69) is 26.2 Å². The summed E-state index contributed by atoms with van der Waals surface area (Å²) in [6.45, 7) is 2.48. The van der Waals surface area contributed by atoms with Gasteiger partial charge in [-0.05, 0) is 33.6 Å². The van der Waals surface area contributed by atoms with Crippen LogP contribution in [0.4, 0.5) is 0 Å². The number of nitrogens with zero attached hydrogens (tertiary/aromatic N) is 1. The zero-order chi connectivity index (χ0) is 9.10. The van der Waals surface area contributed by atoms with Crippen LogP contribution in [0, 0.1) is 0 Å². The molecule has 1 saturated heterocycles. The smallest absolute Gasteiger partial charge is 0.106 e. The minimum absolute atomic E-state index is 0.313. The molecule has 3 nitrogen and oxygen atoms in total. The van der Waals surface area contributed by atoms with Gasteiger partial charge in [-0.2, -0.15) is 0 Å². The quantitative estimate of drug-likeness (QED) is 0.759. The lowest BCUT2D eigenvalue weighted by atomic mass is 10.1. The molecule has 13 heavy (non-hydrogen) atoms. The van der Waals surface area contributed by atoms with Crippen LogP contribution in [-0.2, 0) is 4.74 Å². The Balaban J connectivity index is 2.14. The van der Waals surface area contributed by atoms with Crippen molar-refractivity contribution >= 4 is 15.9 Å². The van der Waals surface area contributed by atoms with Gasteiger partial charge in [-0.15, -0.1) is 0 Å². The molecule has 1 aliphatic heterocycles. The van der Waals surface area contributed by atoms with Crippen molar-refractivity contribution in [1.82, 2.24) is 10.3 Å². The Morgan fingerprint density at radius 3 is 3.23 bits per heavy atom. The Bertz CT molecular complexity index is 287. The molecule has 1 atom stereocenters. The Morgan fingerprint density at radius 2 is 2.54 bits per heavy atom. The molecule has 1 aliphatic rings. The Morgan fingerprint density at radius 1 is 1.62 bits per heavy atom. The monoisotopic (exact) mass is 242 g/mol. The molecule has 1 unspecified atom stereocenters. The van der Waals surface area contributed by atoms with E-state index in [0.717, 1.165) is 24.4 Å². The van der Waals surface area contributed by atoms with Gasteiger partial charge in [0, 0.05) is 12.7 Å². The molecular formula is C9H11BrN2O. The first-order chi connectivity index (χ1) is 6.36. The van der Waals surface area contributed by atoms with Gasteiger partial charge in [0.25, 0.3) is 0 Å². The van der Waals surface area contributed by atoms with Gasteiger partial charge in [0.05, 0.1) is 19.3 Å². The maximum Gasteiger partial charge on any atom is 0.106 e. The van der Waals surface area contributed by atoms with E-state index >= 15 is 0 Å². The highest BCUT2D eigenvalue weighted by molar-refractivity contribution is 9.10. The zero-order valence-electron chi connectivity index (χ0n) is 7.16. The number of nitrogens with one attached hydrogen (secondary N) is 1. The summed E-state index contributed by atoms with van der Waals surface area (Å²) < 4.78 is 6.25. The molecule has 2 rings (SSSR count). The second-order valence-corrected chi connectivity index (χ2v) is 3.81. The number of hydrogen-bond acceptors (Lipinski definition) is 3. The molecule has 1 aromatic heterocycles. The van der Waals surface area contributed by atoms with E-state index in [1.807, 2.05) is 12.1 Å². The molecule has 2 heterocycles. The number of halogens is 1. The first kappa shape index (κ1) is 9.12. The number of hydrogen-bond donors (Lipinski definition) is 1. The van der Waals surface area contributed by atoms with Crippen LogP contribution in [-0.4, -0.2) is 24.7 Å². The van der Waals surface area contributed by atoms with E-state index in [-0.39, 0.29) is 0 Å². The summed E-state index contributed by atoms with van der Waals surface area (Å²) in [5.74, 6) is 0. The molecule has 0 aliphatic carbocycles. The summed E-state index contributed by atoms with van der Waals surface area (Å²) in [6, 6.07) is 4.34. The molecule has 0 amide bonds. The Hall–Kier alpha value is -0.450. The van der Waals surface area contributed by atoms with Crippen LogP contribution in [0.5, 0.6) is 0 Å². The number of morpholine rings is 1. The average molecular weight is 243 g/mol. The van der Waals surface area contributed by atoms with Crippen LogP contribution >= 0.6 is 15.9 Å². The van der Waals surface area contributed by atoms with E-state index in [4.69, 9.17) is 4.74 Å². The lowest BCUT2D eigenvalue weighted by molar-refractivity contribution is 0.0768. The predicted octanol–water partition coefficient (Wildman–Crippen LogP) is 1.50. The minimum Gasteiger partial charge on any atom is -0.378 e. The largest absolute Gasteiger partial charge is 0.378 e. The molecule has 1 fully saturated rings. The molecule has 0 aromatic carbocycles.